The van der Waals surface area contributed by atoms with Crippen molar-refractivity contribution in [2.45, 2.75) is 13.5 Å². The van der Waals surface area contributed by atoms with Crippen molar-refractivity contribution in [1.82, 2.24) is 9.55 Å². The smallest absolute Gasteiger partial charge is 0.355 e. The molecule has 0 aliphatic heterocycles. The van der Waals surface area contributed by atoms with Crippen molar-refractivity contribution >= 4 is 23.4 Å². The first-order valence-electron chi connectivity index (χ1n) is 7.91. The molecule has 26 heavy (non-hydrogen) atoms. The second kappa shape index (κ2) is 7.01. The number of imidazole rings is 1. The van der Waals surface area contributed by atoms with E-state index in [1.54, 1.807) is 11.5 Å². The summed E-state index contributed by atoms with van der Waals surface area (Å²) < 4.78 is 1.58. The SMILES string of the molecule is Cc1nc(Cl)c(C(=O)O)n1Cc1ccc(-c2ccccc2C(N)=[NH2+])cc1. The van der Waals surface area contributed by atoms with Gasteiger partial charge in [-0.3, -0.25) is 11.1 Å². The molecule has 0 atom stereocenters. The number of carboxylic acids is 1. The minimum atomic E-state index is -1.10. The number of nitrogens with two attached hydrogens (primary N) is 2. The molecule has 3 aromatic rings. The van der Waals surface area contributed by atoms with E-state index in [1.165, 1.54) is 0 Å². The van der Waals surface area contributed by atoms with Crippen molar-refractivity contribution in [1.29, 1.82) is 0 Å². The lowest BCUT2D eigenvalue weighted by Crippen LogP contribution is -2.46. The van der Waals surface area contributed by atoms with Gasteiger partial charge in [0.2, 0.25) is 0 Å². The van der Waals surface area contributed by atoms with Gasteiger partial charge in [-0.1, -0.05) is 54.1 Å². The number of aromatic nitrogens is 2. The maximum absolute atomic E-state index is 11.4. The van der Waals surface area contributed by atoms with Gasteiger partial charge in [-0.2, -0.15) is 0 Å². The standard InChI is InChI=1S/C19H17ClN4O2/c1-11-23-17(20)16(19(25)26)24(11)10-12-6-8-13(9-7-12)14-4-2-3-5-15(14)18(21)22/h2-9H,10H2,1H3,(H3,21,22)(H,25,26)/p+1. The lowest BCUT2D eigenvalue weighted by Gasteiger charge is -2.10. The van der Waals surface area contributed by atoms with Gasteiger partial charge < -0.3 is 9.67 Å². The van der Waals surface area contributed by atoms with Crippen LogP contribution < -0.4 is 11.1 Å². The highest BCUT2D eigenvalue weighted by Gasteiger charge is 2.19. The quantitative estimate of drug-likeness (QED) is 0.470. The van der Waals surface area contributed by atoms with Crippen LogP contribution in [-0.4, -0.2) is 26.5 Å². The van der Waals surface area contributed by atoms with Gasteiger partial charge in [-0.05, 0) is 29.7 Å². The van der Waals surface area contributed by atoms with Crippen LogP contribution in [0.25, 0.3) is 11.1 Å². The van der Waals surface area contributed by atoms with E-state index in [2.05, 4.69) is 4.98 Å². The molecule has 6 nitrogen and oxygen atoms in total. The van der Waals surface area contributed by atoms with E-state index in [0.717, 1.165) is 22.3 Å². The molecule has 0 saturated carbocycles. The van der Waals surface area contributed by atoms with Gasteiger partial charge in [-0.15, -0.1) is 0 Å². The van der Waals surface area contributed by atoms with Gasteiger partial charge in [0.05, 0.1) is 5.56 Å². The van der Waals surface area contributed by atoms with Crippen LogP contribution >= 0.6 is 11.6 Å². The minimum Gasteiger partial charge on any atom is -0.476 e. The molecule has 0 aliphatic carbocycles. The maximum Gasteiger partial charge on any atom is 0.355 e. The van der Waals surface area contributed by atoms with Gasteiger partial charge in [0, 0.05) is 6.54 Å². The molecule has 0 saturated heterocycles. The third-order valence-electron chi connectivity index (χ3n) is 4.16. The number of rotatable bonds is 5. The van der Waals surface area contributed by atoms with Crippen molar-refractivity contribution in [3.63, 3.8) is 0 Å². The number of carbonyl (C=O) groups is 1. The van der Waals surface area contributed by atoms with E-state index in [1.807, 2.05) is 48.5 Å². The molecule has 0 fully saturated rings. The molecule has 0 radical (unpaired) electrons. The Morgan fingerprint density at radius 1 is 1.23 bits per heavy atom. The molecule has 0 aliphatic rings. The number of amidine groups is 1. The largest absolute Gasteiger partial charge is 0.476 e. The van der Waals surface area contributed by atoms with E-state index < -0.39 is 5.97 Å². The predicted molar refractivity (Wildman–Crippen MR) is 100 cm³/mol. The van der Waals surface area contributed by atoms with Crippen LogP contribution in [-0.2, 0) is 6.54 Å². The number of carboxylic acid groups (broad SMARTS) is 1. The van der Waals surface area contributed by atoms with Gasteiger partial charge >= 0.3 is 5.97 Å². The summed E-state index contributed by atoms with van der Waals surface area (Å²) in [6, 6.07) is 15.4. The molecule has 2 aromatic carbocycles. The summed E-state index contributed by atoms with van der Waals surface area (Å²) in [5.74, 6) is -0.290. The van der Waals surface area contributed by atoms with Gasteiger partial charge in [0.1, 0.15) is 5.82 Å². The van der Waals surface area contributed by atoms with E-state index in [4.69, 9.17) is 22.7 Å². The van der Waals surface area contributed by atoms with E-state index in [-0.39, 0.29) is 16.7 Å². The topological polar surface area (TPSA) is 107 Å². The second-order valence-corrected chi connectivity index (χ2v) is 6.25. The average Bonchev–Trinajstić information content (AvgIpc) is 2.89. The summed E-state index contributed by atoms with van der Waals surface area (Å²) in [6.45, 7) is 2.09. The molecule has 0 amide bonds. The molecule has 1 aromatic heterocycles. The first-order valence-corrected chi connectivity index (χ1v) is 8.28. The molecular weight excluding hydrogens is 352 g/mol. The fraction of sp³-hybridized carbons (Fsp3) is 0.105. The molecule has 7 heteroatoms. The van der Waals surface area contributed by atoms with Crippen molar-refractivity contribution in [2.75, 3.05) is 0 Å². The normalized spacial score (nSPS) is 10.7. The molecule has 0 bridgehead atoms. The van der Waals surface area contributed by atoms with Crippen molar-refractivity contribution < 1.29 is 15.3 Å². The number of aryl methyl sites for hydroxylation is 1. The zero-order valence-electron chi connectivity index (χ0n) is 14.1. The number of hydrogen-bond donors (Lipinski definition) is 3. The highest BCUT2D eigenvalue weighted by atomic mass is 35.5. The van der Waals surface area contributed by atoms with Crippen LogP contribution in [0.5, 0.6) is 0 Å². The highest BCUT2D eigenvalue weighted by molar-refractivity contribution is 6.32. The Kier molecular flexibility index (Phi) is 4.77. The van der Waals surface area contributed by atoms with Crippen molar-refractivity contribution in [3.8, 4) is 11.1 Å². The van der Waals surface area contributed by atoms with Crippen LogP contribution in [0.4, 0.5) is 0 Å². The number of hydrogen-bond acceptors (Lipinski definition) is 2. The number of nitrogens with zero attached hydrogens (tertiary/aromatic N) is 2. The monoisotopic (exact) mass is 369 g/mol. The molecule has 5 N–H and O–H groups in total. The van der Waals surface area contributed by atoms with Crippen molar-refractivity contribution in [3.05, 3.63) is 76.3 Å². The Labute approximate surface area is 155 Å². The van der Waals surface area contributed by atoms with Gasteiger partial charge in [0.25, 0.3) is 5.84 Å². The predicted octanol–water partition coefficient (Wildman–Crippen LogP) is 1.72. The molecule has 3 rings (SSSR count). The van der Waals surface area contributed by atoms with Crippen LogP contribution in [0.1, 0.15) is 27.4 Å². The lowest BCUT2D eigenvalue weighted by atomic mass is 9.98. The maximum atomic E-state index is 11.4. The zero-order chi connectivity index (χ0) is 18.8. The molecule has 0 spiro atoms. The van der Waals surface area contributed by atoms with Crippen LogP contribution in [0.2, 0.25) is 5.15 Å². The third-order valence-corrected chi connectivity index (χ3v) is 4.43. The van der Waals surface area contributed by atoms with Gasteiger partial charge in [-0.25, -0.2) is 9.78 Å². The molecule has 1 heterocycles. The summed E-state index contributed by atoms with van der Waals surface area (Å²) in [7, 11) is 0. The number of aromatic carboxylic acids is 1. The Morgan fingerprint density at radius 3 is 2.50 bits per heavy atom. The molecule has 0 unspecified atom stereocenters. The summed E-state index contributed by atoms with van der Waals surface area (Å²) in [5, 5.41) is 15.1. The first kappa shape index (κ1) is 17.7. The second-order valence-electron chi connectivity index (χ2n) is 5.89. The Bertz CT molecular complexity index is 993. The Balaban J connectivity index is 1.93. The summed E-state index contributed by atoms with van der Waals surface area (Å²) in [5.41, 5.74) is 9.37. The summed E-state index contributed by atoms with van der Waals surface area (Å²) in [6.07, 6.45) is 0. The van der Waals surface area contributed by atoms with Crippen LogP contribution in [0, 0.1) is 6.92 Å². The fourth-order valence-corrected chi connectivity index (χ4v) is 3.19. The molecule has 132 valence electrons. The van der Waals surface area contributed by atoms with Crippen LogP contribution in [0.15, 0.2) is 48.5 Å². The molecular formula is C19H18ClN4O2+. The minimum absolute atomic E-state index is 0.00509. The van der Waals surface area contributed by atoms with E-state index in [0.29, 0.717) is 12.4 Å². The average molecular weight is 370 g/mol. The highest BCUT2D eigenvalue weighted by Crippen LogP contribution is 2.24. The fourth-order valence-electron chi connectivity index (χ4n) is 2.88. The zero-order valence-corrected chi connectivity index (χ0v) is 14.9. The van der Waals surface area contributed by atoms with E-state index in [9.17, 15) is 9.90 Å². The number of benzene rings is 2. The van der Waals surface area contributed by atoms with E-state index >= 15 is 0 Å². The van der Waals surface area contributed by atoms with Crippen LogP contribution in [0.3, 0.4) is 0 Å². The number of halogens is 1. The van der Waals surface area contributed by atoms with Crippen molar-refractivity contribution in [2.24, 2.45) is 5.73 Å². The lowest BCUT2D eigenvalue weighted by molar-refractivity contribution is -0.114. The third kappa shape index (κ3) is 3.32. The summed E-state index contributed by atoms with van der Waals surface area (Å²) >= 11 is 5.92. The first-order chi connectivity index (χ1) is 12.4. The Hall–Kier alpha value is -3.12. The Morgan fingerprint density at radius 2 is 1.88 bits per heavy atom. The van der Waals surface area contributed by atoms with Gasteiger partial charge in [0.15, 0.2) is 10.8 Å². The summed E-state index contributed by atoms with van der Waals surface area (Å²) in [4.78, 5) is 15.5.